The molecule has 2 aromatic rings. The highest BCUT2D eigenvalue weighted by Crippen LogP contribution is 2.21. The Labute approximate surface area is 117 Å². The summed E-state index contributed by atoms with van der Waals surface area (Å²) < 4.78 is 0. The van der Waals surface area contributed by atoms with Gasteiger partial charge in [0, 0.05) is 23.7 Å². The molecular weight excluding hydrogens is 260 g/mol. The number of benzene rings is 2. The van der Waals surface area contributed by atoms with Gasteiger partial charge >= 0.3 is 0 Å². The summed E-state index contributed by atoms with van der Waals surface area (Å²) in [7, 11) is 0. The highest BCUT2D eigenvalue weighted by atomic mass is 35.5. The first kappa shape index (κ1) is 13.4. The second kappa shape index (κ2) is 6.24. The van der Waals surface area contributed by atoms with Crippen molar-refractivity contribution in [2.45, 2.75) is 13.1 Å². The van der Waals surface area contributed by atoms with E-state index in [2.05, 4.69) is 11.4 Å². The number of nitriles is 1. The van der Waals surface area contributed by atoms with Crippen LogP contribution in [0.25, 0.3) is 0 Å². The number of aromatic hydroxyl groups is 1. The molecule has 2 aromatic carbocycles. The van der Waals surface area contributed by atoms with Gasteiger partial charge in [0.05, 0.1) is 11.6 Å². The van der Waals surface area contributed by atoms with Crippen LogP contribution in [-0.2, 0) is 13.1 Å². The molecule has 0 fully saturated rings. The molecule has 2 N–H and O–H groups in total. The van der Waals surface area contributed by atoms with E-state index < -0.39 is 0 Å². The minimum atomic E-state index is 0.225. The van der Waals surface area contributed by atoms with Crippen LogP contribution >= 0.6 is 11.6 Å². The zero-order chi connectivity index (χ0) is 13.7. The maximum absolute atomic E-state index is 9.67. The Morgan fingerprint density at radius 1 is 1.16 bits per heavy atom. The molecule has 4 heteroatoms. The summed E-state index contributed by atoms with van der Waals surface area (Å²) >= 11 is 5.88. The first-order valence-corrected chi connectivity index (χ1v) is 6.24. The molecular formula is C15H13ClN2O. The second-order valence-electron chi connectivity index (χ2n) is 4.19. The Hall–Kier alpha value is -2.02. The van der Waals surface area contributed by atoms with Gasteiger partial charge in [0.2, 0.25) is 0 Å². The van der Waals surface area contributed by atoms with Crippen LogP contribution in [0.5, 0.6) is 5.75 Å². The molecule has 0 spiro atoms. The van der Waals surface area contributed by atoms with Gasteiger partial charge in [-0.3, -0.25) is 0 Å². The molecule has 2 rings (SSSR count). The fraction of sp³-hybridized carbons (Fsp3) is 0.133. The summed E-state index contributed by atoms with van der Waals surface area (Å²) in [6, 6.07) is 14.5. The molecule has 0 bridgehead atoms. The van der Waals surface area contributed by atoms with Crippen molar-refractivity contribution in [2.24, 2.45) is 0 Å². The lowest BCUT2D eigenvalue weighted by Crippen LogP contribution is -2.12. The Morgan fingerprint density at radius 3 is 2.79 bits per heavy atom. The van der Waals surface area contributed by atoms with E-state index in [4.69, 9.17) is 16.9 Å². The van der Waals surface area contributed by atoms with Gasteiger partial charge in [0.1, 0.15) is 5.75 Å². The number of nitrogens with one attached hydrogen (secondary N) is 1. The lowest BCUT2D eigenvalue weighted by atomic mass is 10.1. The second-order valence-corrected chi connectivity index (χ2v) is 4.63. The molecule has 0 radical (unpaired) electrons. The number of phenolic OH excluding ortho intramolecular Hbond substituents is 1. The summed E-state index contributed by atoms with van der Waals surface area (Å²) in [6.07, 6.45) is 0. The third-order valence-electron chi connectivity index (χ3n) is 2.74. The Bertz CT molecular complexity index is 620. The summed E-state index contributed by atoms with van der Waals surface area (Å²) in [5.74, 6) is 0.225. The van der Waals surface area contributed by atoms with E-state index in [0.29, 0.717) is 23.7 Å². The number of hydrogen-bond acceptors (Lipinski definition) is 3. The van der Waals surface area contributed by atoms with E-state index in [-0.39, 0.29) is 5.75 Å². The molecule has 0 atom stereocenters. The van der Waals surface area contributed by atoms with E-state index in [1.807, 2.05) is 18.2 Å². The Balaban J connectivity index is 1.96. The average molecular weight is 273 g/mol. The van der Waals surface area contributed by atoms with Crippen molar-refractivity contribution in [3.8, 4) is 11.8 Å². The van der Waals surface area contributed by atoms with Crippen LogP contribution in [0.1, 0.15) is 16.7 Å². The van der Waals surface area contributed by atoms with E-state index in [1.54, 1.807) is 24.3 Å². The normalized spacial score (nSPS) is 10.1. The number of phenols is 1. The largest absolute Gasteiger partial charge is 0.508 e. The quantitative estimate of drug-likeness (QED) is 0.899. The zero-order valence-corrected chi connectivity index (χ0v) is 11.0. The maximum atomic E-state index is 9.67. The molecule has 0 aliphatic heterocycles. The van der Waals surface area contributed by atoms with Crippen LogP contribution < -0.4 is 5.32 Å². The molecule has 0 saturated heterocycles. The van der Waals surface area contributed by atoms with Gasteiger partial charge < -0.3 is 10.4 Å². The fourth-order valence-electron chi connectivity index (χ4n) is 1.79. The van der Waals surface area contributed by atoms with Crippen LogP contribution in [0.4, 0.5) is 0 Å². The van der Waals surface area contributed by atoms with E-state index in [0.717, 1.165) is 11.1 Å². The molecule has 0 amide bonds. The molecule has 0 saturated carbocycles. The van der Waals surface area contributed by atoms with Crippen molar-refractivity contribution in [3.05, 3.63) is 64.2 Å². The van der Waals surface area contributed by atoms with Gasteiger partial charge in [-0.25, -0.2) is 0 Å². The average Bonchev–Trinajstić information content (AvgIpc) is 2.43. The molecule has 0 aliphatic rings. The standard InChI is InChI=1S/C15H13ClN2O/c16-14-4-5-15(19)13(7-14)10-18-9-12-3-1-2-11(6-12)8-17/h1-7,18-19H,9-10H2. The lowest BCUT2D eigenvalue weighted by molar-refractivity contribution is 0.464. The third kappa shape index (κ3) is 3.72. The van der Waals surface area contributed by atoms with Crippen molar-refractivity contribution in [1.29, 1.82) is 5.26 Å². The van der Waals surface area contributed by atoms with Gasteiger partial charge in [-0.1, -0.05) is 23.7 Å². The summed E-state index contributed by atoms with van der Waals surface area (Å²) in [6.45, 7) is 1.14. The van der Waals surface area contributed by atoms with Gasteiger partial charge in [0.15, 0.2) is 0 Å². The number of rotatable bonds is 4. The number of nitrogens with zero attached hydrogens (tertiary/aromatic N) is 1. The molecule has 0 unspecified atom stereocenters. The number of hydrogen-bond donors (Lipinski definition) is 2. The van der Waals surface area contributed by atoms with Crippen LogP contribution in [0.15, 0.2) is 42.5 Å². The summed E-state index contributed by atoms with van der Waals surface area (Å²) in [5, 5.41) is 22.3. The topological polar surface area (TPSA) is 56.0 Å². The molecule has 0 aromatic heterocycles. The predicted octanol–water partition coefficient (Wildman–Crippen LogP) is 3.21. The van der Waals surface area contributed by atoms with Crippen LogP contribution in [0.2, 0.25) is 5.02 Å². The van der Waals surface area contributed by atoms with Crippen molar-refractivity contribution in [1.82, 2.24) is 5.32 Å². The summed E-state index contributed by atoms with van der Waals surface area (Å²) in [5.41, 5.74) is 2.43. The van der Waals surface area contributed by atoms with Crippen LogP contribution in [0.3, 0.4) is 0 Å². The SMILES string of the molecule is N#Cc1cccc(CNCc2cc(Cl)ccc2O)c1. The van der Waals surface area contributed by atoms with Crippen molar-refractivity contribution >= 4 is 11.6 Å². The summed E-state index contributed by atoms with van der Waals surface area (Å²) in [4.78, 5) is 0. The highest BCUT2D eigenvalue weighted by Gasteiger charge is 2.02. The third-order valence-corrected chi connectivity index (χ3v) is 2.98. The fourth-order valence-corrected chi connectivity index (χ4v) is 1.98. The van der Waals surface area contributed by atoms with Crippen molar-refractivity contribution in [3.63, 3.8) is 0 Å². The smallest absolute Gasteiger partial charge is 0.120 e. The molecule has 0 heterocycles. The van der Waals surface area contributed by atoms with E-state index >= 15 is 0 Å². The highest BCUT2D eigenvalue weighted by molar-refractivity contribution is 6.30. The van der Waals surface area contributed by atoms with Crippen LogP contribution in [0, 0.1) is 11.3 Å². The Kier molecular flexibility index (Phi) is 4.40. The molecule has 96 valence electrons. The minimum Gasteiger partial charge on any atom is -0.508 e. The van der Waals surface area contributed by atoms with Gasteiger partial charge in [-0.2, -0.15) is 5.26 Å². The Morgan fingerprint density at radius 2 is 2.00 bits per heavy atom. The van der Waals surface area contributed by atoms with Crippen molar-refractivity contribution in [2.75, 3.05) is 0 Å². The molecule has 0 aliphatic carbocycles. The van der Waals surface area contributed by atoms with Crippen LogP contribution in [-0.4, -0.2) is 5.11 Å². The predicted molar refractivity (Wildman–Crippen MR) is 74.8 cm³/mol. The zero-order valence-electron chi connectivity index (χ0n) is 10.2. The van der Waals surface area contributed by atoms with E-state index in [1.165, 1.54) is 0 Å². The number of halogens is 1. The minimum absolute atomic E-state index is 0.225. The molecule has 19 heavy (non-hydrogen) atoms. The van der Waals surface area contributed by atoms with Gasteiger partial charge in [-0.05, 0) is 35.9 Å². The van der Waals surface area contributed by atoms with Gasteiger partial charge in [0.25, 0.3) is 0 Å². The molecule has 3 nitrogen and oxygen atoms in total. The lowest BCUT2D eigenvalue weighted by Gasteiger charge is -2.07. The maximum Gasteiger partial charge on any atom is 0.120 e. The van der Waals surface area contributed by atoms with Crippen molar-refractivity contribution < 1.29 is 5.11 Å². The van der Waals surface area contributed by atoms with Gasteiger partial charge in [-0.15, -0.1) is 0 Å². The first-order valence-electron chi connectivity index (χ1n) is 5.86. The monoisotopic (exact) mass is 272 g/mol. The first-order chi connectivity index (χ1) is 9.19. The van der Waals surface area contributed by atoms with E-state index in [9.17, 15) is 5.11 Å².